The van der Waals surface area contributed by atoms with Gasteiger partial charge in [-0.3, -0.25) is 4.21 Å². The summed E-state index contributed by atoms with van der Waals surface area (Å²) in [5.41, 5.74) is 2.24. The maximum atomic E-state index is 10.8. The van der Waals surface area contributed by atoms with Crippen molar-refractivity contribution in [1.29, 1.82) is 0 Å². The van der Waals surface area contributed by atoms with Gasteiger partial charge in [-0.05, 0) is 23.8 Å². The van der Waals surface area contributed by atoms with E-state index in [-0.39, 0.29) is 0 Å². The molecule has 76 valence electrons. The zero-order chi connectivity index (χ0) is 10.6. The minimum absolute atomic E-state index is 0.871. The molecule has 1 unspecified atom stereocenters. The molecule has 0 aromatic heterocycles. The lowest BCUT2D eigenvalue weighted by Gasteiger charge is -2.11. The number of anilines is 1. The standard InChI is InChI=1S/C11H15NOS/c1-12(2)11-6-4-10(5-7-11)8-9-14(3)13/h4-9H,1-3H3/b9-8-. The van der Waals surface area contributed by atoms with Crippen LogP contribution in [0.2, 0.25) is 0 Å². The van der Waals surface area contributed by atoms with Crippen LogP contribution in [0.1, 0.15) is 5.56 Å². The smallest absolute Gasteiger partial charge is 0.0424 e. The average Bonchev–Trinajstić information content (AvgIpc) is 2.15. The van der Waals surface area contributed by atoms with Crippen LogP contribution < -0.4 is 4.90 Å². The second kappa shape index (κ2) is 4.96. The van der Waals surface area contributed by atoms with Gasteiger partial charge in [-0.15, -0.1) is 0 Å². The zero-order valence-corrected chi connectivity index (χ0v) is 9.54. The molecule has 2 nitrogen and oxygen atoms in total. The normalized spacial score (nSPS) is 13.1. The van der Waals surface area contributed by atoms with E-state index < -0.39 is 10.8 Å². The van der Waals surface area contributed by atoms with Crippen molar-refractivity contribution in [2.75, 3.05) is 25.3 Å². The van der Waals surface area contributed by atoms with Crippen molar-refractivity contribution in [1.82, 2.24) is 0 Å². The fourth-order valence-electron chi connectivity index (χ4n) is 1.06. The van der Waals surface area contributed by atoms with E-state index in [0.717, 1.165) is 5.56 Å². The number of nitrogens with zero attached hydrogens (tertiary/aromatic N) is 1. The van der Waals surface area contributed by atoms with Crippen LogP contribution in [0.3, 0.4) is 0 Å². The minimum Gasteiger partial charge on any atom is -0.378 e. The first-order chi connectivity index (χ1) is 6.59. The molecule has 0 saturated carbocycles. The monoisotopic (exact) mass is 209 g/mol. The molecule has 0 fully saturated rings. The van der Waals surface area contributed by atoms with E-state index >= 15 is 0 Å². The van der Waals surface area contributed by atoms with Crippen LogP contribution in [-0.4, -0.2) is 24.6 Å². The first-order valence-corrected chi connectivity index (χ1v) is 5.99. The van der Waals surface area contributed by atoms with Crippen molar-refractivity contribution < 1.29 is 4.21 Å². The molecule has 3 heteroatoms. The summed E-state index contributed by atoms with van der Waals surface area (Å²) >= 11 is 0. The highest BCUT2D eigenvalue weighted by Crippen LogP contribution is 2.13. The summed E-state index contributed by atoms with van der Waals surface area (Å²) in [5, 5.41) is 1.69. The van der Waals surface area contributed by atoms with E-state index in [1.165, 1.54) is 5.69 Å². The molecule has 0 saturated heterocycles. The van der Waals surface area contributed by atoms with Crippen LogP contribution in [0.25, 0.3) is 6.08 Å². The van der Waals surface area contributed by atoms with Crippen molar-refractivity contribution >= 4 is 22.6 Å². The molecular formula is C11H15NOS. The van der Waals surface area contributed by atoms with Crippen molar-refractivity contribution in [3.63, 3.8) is 0 Å². The highest BCUT2D eigenvalue weighted by Gasteiger charge is 1.93. The van der Waals surface area contributed by atoms with Gasteiger partial charge in [-0.1, -0.05) is 12.1 Å². The Kier molecular flexibility index (Phi) is 3.89. The predicted molar refractivity (Wildman–Crippen MR) is 63.9 cm³/mol. The van der Waals surface area contributed by atoms with E-state index in [2.05, 4.69) is 0 Å². The zero-order valence-electron chi connectivity index (χ0n) is 8.73. The van der Waals surface area contributed by atoms with Gasteiger partial charge in [-0.25, -0.2) is 0 Å². The fraction of sp³-hybridized carbons (Fsp3) is 0.273. The van der Waals surface area contributed by atoms with Crippen molar-refractivity contribution in [2.45, 2.75) is 0 Å². The maximum Gasteiger partial charge on any atom is 0.0424 e. The molecular weight excluding hydrogens is 194 g/mol. The third kappa shape index (κ3) is 3.34. The van der Waals surface area contributed by atoms with Crippen LogP contribution in [0.5, 0.6) is 0 Å². The van der Waals surface area contributed by atoms with Gasteiger partial charge in [0.15, 0.2) is 0 Å². The lowest BCUT2D eigenvalue weighted by molar-refractivity contribution is 0.692. The first-order valence-electron chi connectivity index (χ1n) is 4.37. The van der Waals surface area contributed by atoms with Gasteiger partial charge < -0.3 is 4.90 Å². The molecule has 1 atom stereocenters. The van der Waals surface area contributed by atoms with E-state index in [1.807, 2.05) is 49.3 Å². The summed E-state index contributed by atoms with van der Waals surface area (Å²) in [7, 11) is 3.14. The predicted octanol–water partition coefficient (Wildman–Crippen LogP) is 2.10. The van der Waals surface area contributed by atoms with Gasteiger partial charge in [-0.2, -0.15) is 0 Å². The van der Waals surface area contributed by atoms with Gasteiger partial charge >= 0.3 is 0 Å². The van der Waals surface area contributed by atoms with Gasteiger partial charge in [0.1, 0.15) is 0 Å². The summed E-state index contributed by atoms with van der Waals surface area (Å²) in [4.78, 5) is 2.05. The van der Waals surface area contributed by atoms with Gasteiger partial charge in [0.05, 0.1) is 0 Å². The van der Waals surface area contributed by atoms with Gasteiger partial charge in [0.25, 0.3) is 0 Å². The summed E-state index contributed by atoms with van der Waals surface area (Å²) in [6.07, 6.45) is 3.53. The first kappa shape index (κ1) is 11.0. The van der Waals surface area contributed by atoms with Crippen LogP contribution in [0.15, 0.2) is 29.7 Å². The Bertz CT molecular complexity index is 341. The number of hydrogen-bond donors (Lipinski definition) is 0. The van der Waals surface area contributed by atoms with Crippen LogP contribution in [0.4, 0.5) is 5.69 Å². The van der Waals surface area contributed by atoms with Crippen molar-refractivity contribution in [3.8, 4) is 0 Å². The molecule has 0 N–H and O–H groups in total. The summed E-state index contributed by atoms with van der Waals surface area (Å²) in [5.74, 6) is 0. The van der Waals surface area contributed by atoms with Crippen LogP contribution >= 0.6 is 0 Å². The van der Waals surface area contributed by atoms with Crippen LogP contribution in [0, 0.1) is 0 Å². The van der Waals surface area contributed by atoms with E-state index in [1.54, 1.807) is 11.7 Å². The topological polar surface area (TPSA) is 20.3 Å². The average molecular weight is 209 g/mol. The number of rotatable bonds is 3. The Hall–Kier alpha value is -1.09. The number of benzene rings is 1. The third-order valence-electron chi connectivity index (χ3n) is 1.86. The molecule has 1 aromatic rings. The molecule has 1 aromatic carbocycles. The fourth-order valence-corrected chi connectivity index (χ4v) is 1.41. The third-order valence-corrected chi connectivity index (χ3v) is 2.38. The SMILES string of the molecule is CN(C)c1ccc(/C=C\S(C)=O)cc1. The molecule has 14 heavy (non-hydrogen) atoms. The van der Waals surface area contributed by atoms with Crippen molar-refractivity contribution in [3.05, 3.63) is 35.2 Å². The molecule has 0 radical (unpaired) electrons. The largest absolute Gasteiger partial charge is 0.378 e. The highest BCUT2D eigenvalue weighted by atomic mass is 32.2. The lowest BCUT2D eigenvalue weighted by Crippen LogP contribution is -2.07. The van der Waals surface area contributed by atoms with Gasteiger partial charge in [0.2, 0.25) is 0 Å². The quantitative estimate of drug-likeness (QED) is 0.760. The summed E-state index contributed by atoms with van der Waals surface area (Å²) in [6.45, 7) is 0. The molecule has 0 aliphatic heterocycles. The number of hydrogen-bond acceptors (Lipinski definition) is 2. The summed E-state index contributed by atoms with van der Waals surface area (Å²) in [6, 6.07) is 8.11. The molecule has 0 bridgehead atoms. The molecule has 0 heterocycles. The second-order valence-electron chi connectivity index (χ2n) is 3.29. The van der Waals surface area contributed by atoms with Gasteiger partial charge in [0, 0.05) is 42.2 Å². The van der Waals surface area contributed by atoms with Crippen LogP contribution in [-0.2, 0) is 10.8 Å². The molecule has 0 spiro atoms. The van der Waals surface area contributed by atoms with Crippen molar-refractivity contribution in [2.24, 2.45) is 0 Å². The second-order valence-corrected chi connectivity index (χ2v) is 4.56. The van der Waals surface area contributed by atoms with E-state index in [4.69, 9.17) is 0 Å². The highest BCUT2D eigenvalue weighted by molar-refractivity contribution is 7.87. The van der Waals surface area contributed by atoms with E-state index in [9.17, 15) is 4.21 Å². The Morgan fingerprint density at radius 2 is 1.79 bits per heavy atom. The Labute approximate surface area is 87.7 Å². The Morgan fingerprint density at radius 3 is 2.21 bits per heavy atom. The van der Waals surface area contributed by atoms with E-state index in [0.29, 0.717) is 0 Å². The Morgan fingerprint density at radius 1 is 1.21 bits per heavy atom. The molecule has 0 aliphatic rings. The molecule has 0 amide bonds. The molecule has 0 aliphatic carbocycles. The lowest BCUT2D eigenvalue weighted by atomic mass is 10.2. The maximum absolute atomic E-state index is 10.8. The summed E-state index contributed by atoms with van der Waals surface area (Å²) < 4.78 is 10.8. The molecule has 1 rings (SSSR count). The Balaban J connectivity index is 2.78. The minimum atomic E-state index is -0.871.